The predicted octanol–water partition coefficient (Wildman–Crippen LogP) is 2.27. The molecule has 1 heterocycles. The van der Waals surface area contributed by atoms with Crippen LogP contribution in [0, 0.1) is 0 Å². The molecule has 0 radical (unpaired) electrons. The molecular weight excluding hydrogens is 266 g/mol. The van der Waals surface area contributed by atoms with Gasteiger partial charge in [-0.3, -0.25) is 4.79 Å². The first-order chi connectivity index (χ1) is 10.3. The number of ether oxygens (including phenoxy) is 2. The van der Waals surface area contributed by atoms with Crippen LogP contribution in [0.5, 0.6) is 0 Å². The first-order valence-electron chi connectivity index (χ1n) is 7.80. The van der Waals surface area contributed by atoms with Crippen molar-refractivity contribution in [3.8, 4) is 0 Å². The summed E-state index contributed by atoms with van der Waals surface area (Å²) in [5.41, 5.74) is 1.25. The molecular formula is C17H25NO3. The fourth-order valence-electron chi connectivity index (χ4n) is 2.51. The molecule has 0 N–H and O–H groups in total. The summed E-state index contributed by atoms with van der Waals surface area (Å²) < 4.78 is 11.0. The van der Waals surface area contributed by atoms with Crippen LogP contribution < -0.4 is 0 Å². The van der Waals surface area contributed by atoms with Gasteiger partial charge < -0.3 is 14.4 Å². The Morgan fingerprint density at radius 3 is 2.86 bits per heavy atom. The summed E-state index contributed by atoms with van der Waals surface area (Å²) in [4.78, 5) is 14.0. The van der Waals surface area contributed by atoms with Gasteiger partial charge in [0.05, 0.1) is 12.7 Å². The summed E-state index contributed by atoms with van der Waals surface area (Å²) in [6.07, 6.45) is 3.20. The molecule has 0 aromatic heterocycles. The van der Waals surface area contributed by atoms with Crippen molar-refractivity contribution in [1.82, 2.24) is 4.90 Å². The van der Waals surface area contributed by atoms with E-state index in [4.69, 9.17) is 9.47 Å². The minimum atomic E-state index is 0.0615. The van der Waals surface area contributed by atoms with E-state index in [9.17, 15) is 4.79 Å². The van der Waals surface area contributed by atoms with Crippen molar-refractivity contribution in [2.75, 3.05) is 32.9 Å². The monoisotopic (exact) mass is 291 g/mol. The smallest absolute Gasteiger partial charge is 0.248 e. The van der Waals surface area contributed by atoms with E-state index in [2.05, 4.69) is 12.1 Å². The lowest BCUT2D eigenvalue weighted by Gasteiger charge is -2.21. The third kappa shape index (κ3) is 5.48. The third-order valence-corrected chi connectivity index (χ3v) is 3.80. The average molecular weight is 291 g/mol. The molecule has 1 aliphatic heterocycles. The van der Waals surface area contributed by atoms with Gasteiger partial charge in [0, 0.05) is 19.7 Å². The zero-order valence-corrected chi connectivity index (χ0v) is 12.8. The van der Waals surface area contributed by atoms with Gasteiger partial charge in [-0.25, -0.2) is 0 Å². The summed E-state index contributed by atoms with van der Waals surface area (Å²) in [6, 6.07) is 10.2. The van der Waals surface area contributed by atoms with Crippen molar-refractivity contribution >= 4 is 5.91 Å². The lowest BCUT2D eigenvalue weighted by atomic mass is 10.1. The van der Waals surface area contributed by atoms with Gasteiger partial charge in [-0.05, 0) is 31.7 Å². The van der Waals surface area contributed by atoms with Gasteiger partial charge in [-0.15, -0.1) is 0 Å². The van der Waals surface area contributed by atoms with Crippen LogP contribution in [0.2, 0.25) is 0 Å². The lowest BCUT2D eigenvalue weighted by Crippen LogP contribution is -2.36. The Kier molecular flexibility index (Phi) is 6.70. The molecule has 1 saturated heterocycles. The molecule has 1 atom stereocenters. The number of carbonyl (C=O) groups excluding carboxylic acids is 1. The number of hydrogen-bond acceptors (Lipinski definition) is 3. The predicted molar refractivity (Wildman–Crippen MR) is 82.2 cm³/mol. The number of likely N-dealkylation sites (N-methyl/N-ethyl adjacent to an activating group) is 1. The van der Waals surface area contributed by atoms with Crippen LogP contribution in [0.3, 0.4) is 0 Å². The van der Waals surface area contributed by atoms with E-state index >= 15 is 0 Å². The summed E-state index contributed by atoms with van der Waals surface area (Å²) in [7, 11) is 0. The topological polar surface area (TPSA) is 38.8 Å². The quantitative estimate of drug-likeness (QED) is 0.737. The number of nitrogens with zero attached hydrogens (tertiary/aromatic N) is 1. The van der Waals surface area contributed by atoms with Crippen LogP contribution in [-0.4, -0.2) is 49.8 Å². The molecule has 1 aromatic rings. The lowest BCUT2D eigenvalue weighted by molar-refractivity contribution is -0.137. The maximum atomic E-state index is 12.1. The van der Waals surface area contributed by atoms with Gasteiger partial charge in [0.1, 0.15) is 6.61 Å². The van der Waals surface area contributed by atoms with Gasteiger partial charge in [0.25, 0.3) is 0 Å². The molecule has 0 saturated carbocycles. The molecule has 1 fully saturated rings. The largest absolute Gasteiger partial charge is 0.376 e. The van der Waals surface area contributed by atoms with Crippen LogP contribution in [0.15, 0.2) is 30.3 Å². The molecule has 1 aromatic carbocycles. The summed E-state index contributed by atoms with van der Waals surface area (Å²) >= 11 is 0. The Bertz CT molecular complexity index is 415. The van der Waals surface area contributed by atoms with Crippen LogP contribution >= 0.6 is 0 Å². The third-order valence-electron chi connectivity index (χ3n) is 3.80. The van der Waals surface area contributed by atoms with Gasteiger partial charge >= 0.3 is 0 Å². The molecule has 1 amide bonds. The fourth-order valence-corrected chi connectivity index (χ4v) is 2.51. The summed E-state index contributed by atoms with van der Waals surface area (Å²) in [6.45, 7) is 4.96. The van der Waals surface area contributed by atoms with E-state index in [1.54, 1.807) is 0 Å². The highest BCUT2D eigenvalue weighted by molar-refractivity contribution is 5.77. The number of amides is 1. The first kappa shape index (κ1) is 16.0. The minimum absolute atomic E-state index is 0.0615. The molecule has 21 heavy (non-hydrogen) atoms. The fraction of sp³-hybridized carbons (Fsp3) is 0.588. The standard InChI is InChI=1S/C17H25NO3/c1-2-18(11-10-15-7-4-3-5-8-15)17(19)14-20-13-16-9-6-12-21-16/h3-5,7-8,16H,2,6,9-14H2,1H3. The second-order valence-corrected chi connectivity index (χ2v) is 5.36. The normalized spacial score (nSPS) is 17.9. The SMILES string of the molecule is CCN(CCc1ccccc1)C(=O)COCC1CCCO1. The molecule has 0 aliphatic carbocycles. The highest BCUT2D eigenvalue weighted by atomic mass is 16.5. The summed E-state index contributed by atoms with van der Waals surface area (Å²) in [5.74, 6) is 0.0615. The molecule has 4 nitrogen and oxygen atoms in total. The van der Waals surface area contributed by atoms with Gasteiger partial charge in [0.15, 0.2) is 0 Å². The Morgan fingerprint density at radius 1 is 1.38 bits per heavy atom. The van der Waals surface area contributed by atoms with Crippen molar-refractivity contribution in [2.45, 2.75) is 32.3 Å². The molecule has 4 heteroatoms. The minimum Gasteiger partial charge on any atom is -0.376 e. The van der Waals surface area contributed by atoms with Gasteiger partial charge in [-0.1, -0.05) is 30.3 Å². The Labute approximate surface area is 127 Å². The molecule has 0 bridgehead atoms. The highest BCUT2D eigenvalue weighted by Gasteiger charge is 2.17. The van der Waals surface area contributed by atoms with Crippen LogP contribution in [-0.2, 0) is 20.7 Å². The Morgan fingerprint density at radius 2 is 2.19 bits per heavy atom. The van der Waals surface area contributed by atoms with E-state index < -0.39 is 0 Å². The van der Waals surface area contributed by atoms with E-state index in [1.165, 1.54) is 5.56 Å². The number of hydrogen-bond donors (Lipinski definition) is 0. The van der Waals surface area contributed by atoms with Crippen molar-refractivity contribution in [3.63, 3.8) is 0 Å². The first-order valence-corrected chi connectivity index (χ1v) is 7.80. The second kappa shape index (κ2) is 8.80. The van der Waals surface area contributed by atoms with E-state index in [-0.39, 0.29) is 18.6 Å². The summed E-state index contributed by atoms with van der Waals surface area (Å²) in [5, 5.41) is 0. The molecule has 1 aliphatic rings. The van der Waals surface area contributed by atoms with Gasteiger partial charge in [0.2, 0.25) is 5.91 Å². The number of rotatable bonds is 8. The Balaban J connectivity index is 1.68. The van der Waals surface area contributed by atoms with Crippen molar-refractivity contribution in [1.29, 1.82) is 0 Å². The van der Waals surface area contributed by atoms with Crippen LogP contribution in [0.25, 0.3) is 0 Å². The highest BCUT2D eigenvalue weighted by Crippen LogP contribution is 2.12. The van der Waals surface area contributed by atoms with Crippen molar-refractivity contribution < 1.29 is 14.3 Å². The van der Waals surface area contributed by atoms with Gasteiger partial charge in [-0.2, -0.15) is 0 Å². The van der Waals surface area contributed by atoms with Crippen LogP contribution in [0.1, 0.15) is 25.3 Å². The van der Waals surface area contributed by atoms with E-state index in [0.717, 1.165) is 39.0 Å². The zero-order valence-electron chi connectivity index (χ0n) is 12.8. The van der Waals surface area contributed by atoms with Crippen molar-refractivity contribution in [3.05, 3.63) is 35.9 Å². The van der Waals surface area contributed by atoms with E-state index in [0.29, 0.717) is 6.61 Å². The zero-order chi connectivity index (χ0) is 14.9. The number of carbonyl (C=O) groups is 1. The second-order valence-electron chi connectivity index (χ2n) is 5.36. The average Bonchev–Trinajstić information content (AvgIpc) is 3.02. The number of benzene rings is 1. The molecule has 1 unspecified atom stereocenters. The maximum Gasteiger partial charge on any atom is 0.248 e. The molecule has 116 valence electrons. The Hall–Kier alpha value is -1.39. The molecule has 0 spiro atoms. The maximum absolute atomic E-state index is 12.1. The molecule has 2 rings (SSSR count). The van der Waals surface area contributed by atoms with E-state index in [1.807, 2.05) is 30.0 Å². The van der Waals surface area contributed by atoms with Crippen LogP contribution in [0.4, 0.5) is 0 Å². The van der Waals surface area contributed by atoms with Crippen molar-refractivity contribution in [2.24, 2.45) is 0 Å².